The molecule has 0 aromatic heterocycles. The van der Waals surface area contributed by atoms with Gasteiger partial charge in [0.15, 0.2) is 0 Å². The Morgan fingerprint density at radius 3 is 2.32 bits per heavy atom. The Morgan fingerprint density at radius 1 is 1.21 bits per heavy atom. The zero-order chi connectivity index (χ0) is 14.5. The smallest absolute Gasteiger partial charge is 0.0683 e. The monoisotopic (exact) mass is 322 g/mol. The molecule has 0 saturated carbocycles. The molecule has 0 bridgehead atoms. The molecule has 0 atom stereocenters. The third-order valence-electron chi connectivity index (χ3n) is 3.30. The number of unbranched alkanes of at least 4 members (excludes halogenated alkanes) is 1. The first-order valence-electron chi connectivity index (χ1n) is 6.77. The molecule has 0 aliphatic carbocycles. The largest absolute Gasteiger partial charge is 0.385 e. The van der Waals surface area contributed by atoms with Crippen molar-refractivity contribution in [2.75, 3.05) is 11.9 Å². The van der Waals surface area contributed by atoms with Crippen molar-refractivity contribution in [3.8, 4) is 6.07 Å². The number of nitrogens with one attached hydrogen (secondary N) is 1. The van der Waals surface area contributed by atoms with Crippen LogP contribution in [-0.4, -0.2) is 6.54 Å². The molecule has 0 heterocycles. The fraction of sp³-hybridized carbons (Fsp3) is 0.562. The highest BCUT2D eigenvalue weighted by atomic mass is 79.9. The number of rotatable bonds is 6. The van der Waals surface area contributed by atoms with Crippen LogP contribution >= 0.6 is 15.9 Å². The lowest BCUT2D eigenvalue weighted by Crippen LogP contribution is -2.09. The minimum Gasteiger partial charge on any atom is -0.385 e. The fourth-order valence-electron chi connectivity index (χ4n) is 2.03. The summed E-state index contributed by atoms with van der Waals surface area (Å²) in [6.07, 6.45) is 3.14. The van der Waals surface area contributed by atoms with Gasteiger partial charge in [-0.3, -0.25) is 0 Å². The Balaban J connectivity index is 2.37. The fourth-order valence-corrected chi connectivity index (χ4v) is 2.26. The Morgan fingerprint density at radius 2 is 1.79 bits per heavy atom. The third kappa shape index (κ3) is 5.24. The van der Waals surface area contributed by atoms with E-state index in [2.05, 4.69) is 53.3 Å². The molecule has 0 saturated heterocycles. The highest BCUT2D eigenvalue weighted by Crippen LogP contribution is 2.25. The first kappa shape index (κ1) is 16.0. The third-order valence-corrected chi connectivity index (χ3v) is 4.55. The Kier molecular flexibility index (Phi) is 5.87. The van der Waals surface area contributed by atoms with Crippen molar-refractivity contribution < 1.29 is 0 Å². The van der Waals surface area contributed by atoms with Gasteiger partial charge in [-0.15, -0.1) is 0 Å². The van der Waals surface area contributed by atoms with E-state index in [1.807, 2.05) is 13.8 Å². The summed E-state index contributed by atoms with van der Waals surface area (Å²) in [7, 11) is 0. The molecule has 0 fully saturated rings. The van der Waals surface area contributed by atoms with Crippen LogP contribution in [0.1, 0.15) is 44.2 Å². The summed E-state index contributed by atoms with van der Waals surface area (Å²) in [6.45, 7) is 9.18. The topological polar surface area (TPSA) is 35.8 Å². The highest BCUT2D eigenvalue weighted by molar-refractivity contribution is 9.10. The van der Waals surface area contributed by atoms with E-state index in [9.17, 15) is 0 Å². The van der Waals surface area contributed by atoms with Crippen LogP contribution in [0, 0.1) is 30.6 Å². The van der Waals surface area contributed by atoms with E-state index in [0.717, 1.165) is 25.8 Å². The normalized spacial score (nSPS) is 11.2. The summed E-state index contributed by atoms with van der Waals surface area (Å²) in [5.41, 5.74) is 3.50. The SMILES string of the molecule is Cc1cc(NCCCCC(C)(C)C#N)cc(C)c1Br. The molecule has 0 aliphatic rings. The molecule has 0 amide bonds. The maximum Gasteiger partial charge on any atom is 0.0683 e. The molecule has 1 aromatic carbocycles. The number of aryl methyl sites for hydroxylation is 2. The zero-order valence-corrected chi connectivity index (χ0v) is 13.9. The van der Waals surface area contributed by atoms with E-state index >= 15 is 0 Å². The van der Waals surface area contributed by atoms with Crippen LogP contribution in [0.3, 0.4) is 0 Å². The first-order chi connectivity index (χ1) is 8.85. The summed E-state index contributed by atoms with van der Waals surface area (Å²) in [6, 6.07) is 6.67. The van der Waals surface area contributed by atoms with Crippen LogP contribution in [0.5, 0.6) is 0 Å². The molecular weight excluding hydrogens is 300 g/mol. The number of hydrogen-bond acceptors (Lipinski definition) is 2. The average Bonchev–Trinajstić information content (AvgIpc) is 2.35. The molecule has 0 unspecified atom stereocenters. The zero-order valence-electron chi connectivity index (χ0n) is 12.3. The average molecular weight is 323 g/mol. The number of benzene rings is 1. The van der Waals surface area contributed by atoms with Crippen molar-refractivity contribution in [3.05, 3.63) is 27.7 Å². The van der Waals surface area contributed by atoms with Gasteiger partial charge in [-0.05, 0) is 63.8 Å². The number of hydrogen-bond donors (Lipinski definition) is 1. The van der Waals surface area contributed by atoms with Gasteiger partial charge in [0.2, 0.25) is 0 Å². The Bertz CT molecular complexity index is 449. The minimum absolute atomic E-state index is 0.190. The number of halogens is 1. The van der Waals surface area contributed by atoms with Gasteiger partial charge in [0.1, 0.15) is 0 Å². The predicted molar refractivity (Wildman–Crippen MR) is 85.4 cm³/mol. The molecule has 0 aliphatic heterocycles. The van der Waals surface area contributed by atoms with Gasteiger partial charge in [0.05, 0.1) is 11.5 Å². The Labute approximate surface area is 125 Å². The van der Waals surface area contributed by atoms with Crippen LogP contribution in [0.15, 0.2) is 16.6 Å². The summed E-state index contributed by atoms with van der Waals surface area (Å²) < 4.78 is 1.19. The highest BCUT2D eigenvalue weighted by Gasteiger charge is 2.15. The molecule has 1 rings (SSSR count). The van der Waals surface area contributed by atoms with Crippen LogP contribution < -0.4 is 5.32 Å². The number of nitriles is 1. The summed E-state index contributed by atoms with van der Waals surface area (Å²) in [4.78, 5) is 0. The van der Waals surface area contributed by atoms with E-state index in [1.54, 1.807) is 0 Å². The molecular formula is C16H23BrN2. The summed E-state index contributed by atoms with van der Waals surface area (Å²) >= 11 is 3.58. The van der Waals surface area contributed by atoms with E-state index in [4.69, 9.17) is 5.26 Å². The lowest BCUT2D eigenvalue weighted by atomic mass is 9.89. The van der Waals surface area contributed by atoms with Gasteiger partial charge in [0, 0.05) is 16.7 Å². The van der Waals surface area contributed by atoms with E-state index in [0.29, 0.717) is 0 Å². The lowest BCUT2D eigenvalue weighted by Gasteiger charge is -2.15. The summed E-state index contributed by atoms with van der Waals surface area (Å²) in [5, 5.41) is 12.4. The molecule has 0 radical (unpaired) electrons. The summed E-state index contributed by atoms with van der Waals surface area (Å²) in [5.74, 6) is 0. The maximum absolute atomic E-state index is 8.95. The van der Waals surface area contributed by atoms with Gasteiger partial charge in [-0.2, -0.15) is 5.26 Å². The molecule has 104 valence electrons. The van der Waals surface area contributed by atoms with E-state index < -0.39 is 0 Å². The van der Waals surface area contributed by atoms with Gasteiger partial charge < -0.3 is 5.32 Å². The van der Waals surface area contributed by atoms with Gasteiger partial charge in [0.25, 0.3) is 0 Å². The molecule has 19 heavy (non-hydrogen) atoms. The van der Waals surface area contributed by atoms with Crippen molar-refractivity contribution in [1.82, 2.24) is 0 Å². The molecule has 1 N–H and O–H groups in total. The molecule has 1 aromatic rings. The standard InChI is InChI=1S/C16H23BrN2/c1-12-9-14(10-13(2)15(12)17)19-8-6-5-7-16(3,4)11-18/h9-10,19H,5-8H2,1-4H3. The minimum atomic E-state index is -0.190. The van der Waals surface area contributed by atoms with E-state index in [1.165, 1.54) is 21.3 Å². The van der Waals surface area contributed by atoms with Crippen LogP contribution in [0.25, 0.3) is 0 Å². The van der Waals surface area contributed by atoms with Crippen molar-refractivity contribution in [3.63, 3.8) is 0 Å². The second-order valence-corrected chi connectivity index (χ2v) is 6.60. The molecule has 3 heteroatoms. The number of anilines is 1. The van der Waals surface area contributed by atoms with Gasteiger partial charge >= 0.3 is 0 Å². The Hall–Kier alpha value is -1.01. The quantitative estimate of drug-likeness (QED) is 0.731. The van der Waals surface area contributed by atoms with Crippen molar-refractivity contribution in [1.29, 1.82) is 5.26 Å². The second kappa shape index (κ2) is 6.96. The van der Waals surface area contributed by atoms with Crippen molar-refractivity contribution in [2.24, 2.45) is 5.41 Å². The van der Waals surface area contributed by atoms with Crippen molar-refractivity contribution >= 4 is 21.6 Å². The predicted octanol–water partition coefficient (Wildman–Crippen LogP) is 5.20. The molecule has 0 spiro atoms. The second-order valence-electron chi connectivity index (χ2n) is 5.80. The van der Waals surface area contributed by atoms with Crippen LogP contribution in [0.4, 0.5) is 5.69 Å². The molecule has 2 nitrogen and oxygen atoms in total. The van der Waals surface area contributed by atoms with Gasteiger partial charge in [-0.25, -0.2) is 0 Å². The van der Waals surface area contributed by atoms with E-state index in [-0.39, 0.29) is 5.41 Å². The van der Waals surface area contributed by atoms with Crippen LogP contribution in [0.2, 0.25) is 0 Å². The number of nitrogens with zero attached hydrogens (tertiary/aromatic N) is 1. The van der Waals surface area contributed by atoms with Gasteiger partial charge in [-0.1, -0.05) is 22.4 Å². The lowest BCUT2D eigenvalue weighted by molar-refractivity contribution is 0.430. The van der Waals surface area contributed by atoms with Crippen LogP contribution in [-0.2, 0) is 0 Å². The van der Waals surface area contributed by atoms with Crippen molar-refractivity contribution in [2.45, 2.75) is 47.0 Å². The maximum atomic E-state index is 8.95. The first-order valence-corrected chi connectivity index (χ1v) is 7.57.